The van der Waals surface area contributed by atoms with E-state index in [4.69, 9.17) is 16.2 Å². The van der Waals surface area contributed by atoms with Crippen molar-refractivity contribution in [1.82, 2.24) is 16.0 Å². The summed E-state index contributed by atoms with van der Waals surface area (Å²) < 4.78 is 0. The topological polar surface area (TPSA) is 212 Å². The van der Waals surface area contributed by atoms with Crippen molar-refractivity contribution in [3.63, 3.8) is 0 Å². The predicted molar refractivity (Wildman–Crippen MR) is 138 cm³/mol. The molecule has 0 aliphatic heterocycles. The van der Waals surface area contributed by atoms with Crippen molar-refractivity contribution in [2.75, 3.05) is 13.1 Å². The van der Waals surface area contributed by atoms with Gasteiger partial charge >= 0.3 is 11.9 Å². The minimum atomic E-state index is -1.51. The van der Waals surface area contributed by atoms with Crippen LogP contribution in [0.4, 0.5) is 0 Å². The Morgan fingerprint density at radius 1 is 0.842 bits per heavy atom. The zero-order valence-electron chi connectivity index (χ0n) is 20.6. The van der Waals surface area contributed by atoms with Crippen molar-refractivity contribution in [3.8, 4) is 0 Å². The van der Waals surface area contributed by atoms with Crippen molar-refractivity contribution in [2.24, 2.45) is 5.73 Å². The number of rotatable bonds is 16. The smallest absolute Gasteiger partial charge is 0.326 e. The molecule has 0 unspecified atom stereocenters. The number of benzene rings is 2. The van der Waals surface area contributed by atoms with Gasteiger partial charge in [-0.3, -0.25) is 24.6 Å². The van der Waals surface area contributed by atoms with Gasteiger partial charge in [0, 0.05) is 18.4 Å². The van der Waals surface area contributed by atoms with Gasteiger partial charge in [-0.1, -0.05) is 54.6 Å². The van der Waals surface area contributed by atoms with E-state index in [-0.39, 0.29) is 37.6 Å². The summed E-state index contributed by atoms with van der Waals surface area (Å²) >= 11 is 0. The molecule has 0 saturated carbocycles. The SMILES string of the molecule is N=C(N)c1ccc(CCC(=O)CNCC(=O)N[C@@H](CC(=O)O)C(=O)N[C@@H](Cc2ccccc2)C(=O)O)cc1. The molecule has 0 radical (unpaired) electrons. The van der Waals surface area contributed by atoms with Crippen LogP contribution >= 0.6 is 0 Å². The zero-order chi connectivity index (χ0) is 28.1. The van der Waals surface area contributed by atoms with Crippen molar-refractivity contribution in [3.05, 3.63) is 71.3 Å². The molecule has 8 N–H and O–H groups in total. The number of carboxylic acids is 2. The lowest BCUT2D eigenvalue weighted by Crippen LogP contribution is -2.54. The number of nitrogen functional groups attached to an aromatic ring is 1. The molecule has 0 aliphatic carbocycles. The fourth-order valence-corrected chi connectivity index (χ4v) is 3.49. The maximum absolute atomic E-state index is 12.6. The fraction of sp³-hybridized carbons (Fsp3) is 0.308. The first-order valence-electron chi connectivity index (χ1n) is 11.8. The summed E-state index contributed by atoms with van der Waals surface area (Å²) in [6.45, 7) is -0.471. The fourth-order valence-electron chi connectivity index (χ4n) is 3.49. The summed E-state index contributed by atoms with van der Waals surface area (Å²) in [5, 5.41) is 33.2. The van der Waals surface area contributed by atoms with Crippen LogP contribution in [0.15, 0.2) is 54.6 Å². The number of Topliss-reactive ketones (excluding diaryl/α,β-unsaturated/α-hetero) is 1. The highest BCUT2D eigenvalue weighted by atomic mass is 16.4. The number of amidine groups is 1. The van der Waals surface area contributed by atoms with E-state index in [1.165, 1.54) is 0 Å². The van der Waals surface area contributed by atoms with Crippen molar-refractivity contribution in [1.29, 1.82) is 5.41 Å². The Morgan fingerprint density at radius 2 is 1.50 bits per heavy atom. The minimum absolute atomic E-state index is 0.0276. The molecule has 2 amide bonds. The quantitative estimate of drug-likeness (QED) is 0.114. The van der Waals surface area contributed by atoms with Gasteiger partial charge in [0.2, 0.25) is 11.8 Å². The number of hydrogen-bond donors (Lipinski definition) is 7. The van der Waals surface area contributed by atoms with Gasteiger partial charge in [-0.25, -0.2) is 4.79 Å². The third kappa shape index (κ3) is 10.6. The van der Waals surface area contributed by atoms with E-state index in [0.29, 0.717) is 17.5 Å². The van der Waals surface area contributed by atoms with Gasteiger partial charge in [-0.05, 0) is 17.5 Å². The van der Waals surface area contributed by atoms with Gasteiger partial charge in [0.25, 0.3) is 0 Å². The molecule has 2 aromatic rings. The van der Waals surface area contributed by atoms with Crippen LogP contribution in [0.5, 0.6) is 0 Å². The van der Waals surface area contributed by atoms with Crippen LogP contribution in [0, 0.1) is 5.41 Å². The van der Waals surface area contributed by atoms with E-state index in [9.17, 15) is 29.1 Å². The van der Waals surface area contributed by atoms with E-state index in [1.54, 1.807) is 54.6 Å². The summed E-state index contributed by atoms with van der Waals surface area (Å²) in [5.41, 5.74) is 7.53. The zero-order valence-corrected chi connectivity index (χ0v) is 20.6. The maximum Gasteiger partial charge on any atom is 0.326 e. The molecular weight excluding hydrogens is 494 g/mol. The summed E-state index contributed by atoms with van der Waals surface area (Å²) in [5.74, 6) is -4.56. The average Bonchev–Trinajstić information content (AvgIpc) is 2.87. The Balaban J connectivity index is 1.83. The third-order valence-electron chi connectivity index (χ3n) is 5.49. The van der Waals surface area contributed by atoms with Gasteiger partial charge in [-0.2, -0.15) is 0 Å². The first-order chi connectivity index (χ1) is 18.0. The Morgan fingerprint density at radius 3 is 2.08 bits per heavy atom. The van der Waals surface area contributed by atoms with Crippen LogP contribution in [-0.2, 0) is 36.8 Å². The molecule has 0 aliphatic rings. The second-order valence-electron chi connectivity index (χ2n) is 8.56. The number of amides is 2. The number of hydrogen-bond acceptors (Lipinski definition) is 7. The highest BCUT2D eigenvalue weighted by Crippen LogP contribution is 2.07. The van der Waals surface area contributed by atoms with Crippen LogP contribution in [0.25, 0.3) is 0 Å². The van der Waals surface area contributed by atoms with E-state index in [2.05, 4.69) is 16.0 Å². The van der Waals surface area contributed by atoms with E-state index in [1.807, 2.05) is 0 Å². The molecule has 2 atom stereocenters. The lowest BCUT2D eigenvalue weighted by atomic mass is 10.1. The van der Waals surface area contributed by atoms with Gasteiger partial charge < -0.3 is 31.9 Å². The van der Waals surface area contributed by atoms with E-state index < -0.39 is 42.3 Å². The number of carboxylic acid groups (broad SMARTS) is 2. The molecule has 38 heavy (non-hydrogen) atoms. The van der Waals surface area contributed by atoms with Crippen LogP contribution in [-0.4, -0.2) is 70.8 Å². The molecule has 12 heteroatoms. The van der Waals surface area contributed by atoms with Crippen molar-refractivity contribution in [2.45, 2.75) is 37.8 Å². The van der Waals surface area contributed by atoms with Crippen LogP contribution in [0.3, 0.4) is 0 Å². The largest absolute Gasteiger partial charge is 0.481 e. The monoisotopic (exact) mass is 525 g/mol. The second kappa shape index (κ2) is 14.9. The van der Waals surface area contributed by atoms with E-state index >= 15 is 0 Å². The molecule has 0 heterocycles. The van der Waals surface area contributed by atoms with Crippen LogP contribution in [0.2, 0.25) is 0 Å². The number of aliphatic carboxylic acids is 2. The minimum Gasteiger partial charge on any atom is -0.481 e. The highest BCUT2D eigenvalue weighted by molar-refractivity contribution is 5.95. The lowest BCUT2D eigenvalue weighted by molar-refractivity contribution is -0.143. The second-order valence-corrected chi connectivity index (χ2v) is 8.56. The molecule has 12 nitrogen and oxygen atoms in total. The third-order valence-corrected chi connectivity index (χ3v) is 5.49. The van der Waals surface area contributed by atoms with Gasteiger partial charge in [0.15, 0.2) is 0 Å². The molecule has 0 fully saturated rings. The normalized spacial score (nSPS) is 12.1. The van der Waals surface area contributed by atoms with Crippen molar-refractivity contribution >= 4 is 35.4 Å². The molecule has 0 bridgehead atoms. The highest BCUT2D eigenvalue weighted by Gasteiger charge is 2.28. The Hall–Kier alpha value is -4.58. The lowest BCUT2D eigenvalue weighted by Gasteiger charge is -2.20. The van der Waals surface area contributed by atoms with Crippen LogP contribution < -0.4 is 21.7 Å². The standard InChI is InChI=1S/C26H31N5O7/c27-24(28)18-9-6-16(7-10-18)8-11-19(32)14-29-15-22(33)30-20(13-23(34)35)25(36)31-21(26(37)38)12-17-4-2-1-3-5-17/h1-7,9-10,20-21,29H,8,11-15H2,(H3,27,28)(H,30,33)(H,31,36)(H,34,35)(H,37,38)/t20-,21-/m0/s1. The molecule has 2 rings (SSSR count). The average molecular weight is 526 g/mol. The number of carbonyl (C=O) groups is 5. The predicted octanol–water partition coefficient (Wildman–Crippen LogP) is -0.166. The molecular formula is C26H31N5O7. The summed E-state index contributed by atoms with van der Waals surface area (Å²) in [6.07, 6.45) is -0.119. The number of nitrogens with one attached hydrogen (secondary N) is 4. The van der Waals surface area contributed by atoms with Crippen molar-refractivity contribution < 1.29 is 34.2 Å². The van der Waals surface area contributed by atoms with Crippen LogP contribution in [0.1, 0.15) is 29.5 Å². The summed E-state index contributed by atoms with van der Waals surface area (Å²) in [7, 11) is 0. The number of carbonyl (C=O) groups excluding carboxylic acids is 3. The molecule has 202 valence electrons. The molecule has 0 saturated heterocycles. The van der Waals surface area contributed by atoms with E-state index in [0.717, 1.165) is 5.56 Å². The Labute approximate surface area is 219 Å². The van der Waals surface area contributed by atoms with Gasteiger partial charge in [0.05, 0.1) is 19.5 Å². The molecule has 0 aromatic heterocycles. The first kappa shape index (κ1) is 29.6. The first-order valence-corrected chi connectivity index (χ1v) is 11.8. The molecule has 2 aromatic carbocycles. The molecule has 0 spiro atoms. The maximum atomic E-state index is 12.6. The van der Waals surface area contributed by atoms with Gasteiger partial charge in [0.1, 0.15) is 23.7 Å². The number of ketones is 1. The Bertz CT molecular complexity index is 1150. The summed E-state index contributed by atoms with van der Waals surface area (Å²) in [6, 6.07) is 12.7. The summed E-state index contributed by atoms with van der Waals surface area (Å²) in [4.78, 5) is 59.9. The van der Waals surface area contributed by atoms with Gasteiger partial charge in [-0.15, -0.1) is 0 Å². The number of nitrogens with two attached hydrogens (primary N) is 1. The Kier molecular flexibility index (Phi) is 11.6. The number of aryl methyl sites for hydroxylation is 1.